The molecule has 1 aliphatic heterocycles. The number of oxime groups is 1. The molecule has 0 N–H and O–H groups in total. The second-order valence-corrected chi connectivity index (χ2v) is 8.05. The largest absolute Gasteiger partial charge is 0.435 e. The first kappa shape index (κ1) is 18.1. The fourth-order valence-electron chi connectivity index (χ4n) is 2.09. The van der Waals surface area contributed by atoms with Crippen LogP contribution in [0.5, 0.6) is 0 Å². The highest BCUT2D eigenvalue weighted by Crippen LogP contribution is 2.36. The molecule has 0 amide bonds. The van der Waals surface area contributed by atoms with Gasteiger partial charge in [0.25, 0.3) is 0 Å². The number of rotatable bonds is 3. The van der Waals surface area contributed by atoms with E-state index in [9.17, 15) is 21.6 Å². The monoisotopic (exact) mass is 373 g/mol. The van der Waals surface area contributed by atoms with Gasteiger partial charge in [-0.25, -0.2) is 8.42 Å². The van der Waals surface area contributed by atoms with E-state index in [4.69, 9.17) is 16.4 Å². The lowest BCUT2D eigenvalue weighted by atomic mass is 10.1. The number of hydrogen-bond donors (Lipinski definition) is 0. The third kappa shape index (κ3) is 3.63. The molecule has 0 atom stereocenters. The van der Waals surface area contributed by atoms with E-state index in [2.05, 4.69) is 10.3 Å². The first-order chi connectivity index (χ1) is 10.4. The zero-order valence-electron chi connectivity index (χ0n) is 12.6. The SMILES string of the molecule is CCn1nc(C(F)(F)F)c(CS(=O)(=O)C2=NOC(C)(C)C2)c1Cl. The molecular weight excluding hydrogens is 359 g/mol. The highest BCUT2D eigenvalue weighted by molar-refractivity contribution is 8.05. The summed E-state index contributed by atoms with van der Waals surface area (Å²) < 4.78 is 64.8. The van der Waals surface area contributed by atoms with E-state index in [0.717, 1.165) is 4.68 Å². The minimum absolute atomic E-state index is 0.0176. The fourth-order valence-corrected chi connectivity index (χ4v) is 4.02. The van der Waals surface area contributed by atoms with Crippen LogP contribution in [0.4, 0.5) is 13.2 Å². The van der Waals surface area contributed by atoms with Crippen molar-refractivity contribution in [1.29, 1.82) is 0 Å². The lowest BCUT2D eigenvalue weighted by Gasteiger charge is -2.13. The highest BCUT2D eigenvalue weighted by Gasteiger charge is 2.42. The van der Waals surface area contributed by atoms with E-state index in [1.807, 2.05) is 0 Å². The maximum atomic E-state index is 13.1. The van der Waals surface area contributed by atoms with Crippen LogP contribution in [0.25, 0.3) is 0 Å². The van der Waals surface area contributed by atoms with Crippen LogP contribution in [0.15, 0.2) is 5.16 Å². The Morgan fingerprint density at radius 2 is 2.00 bits per heavy atom. The Morgan fingerprint density at radius 3 is 2.43 bits per heavy atom. The molecule has 0 saturated carbocycles. The van der Waals surface area contributed by atoms with Crippen molar-refractivity contribution in [3.05, 3.63) is 16.4 Å². The van der Waals surface area contributed by atoms with E-state index >= 15 is 0 Å². The van der Waals surface area contributed by atoms with Crippen LogP contribution in [-0.4, -0.2) is 28.8 Å². The molecule has 1 aromatic heterocycles. The van der Waals surface area contributed by atoms with Crippen LogP contribution < -0.4 is 0 Å². The average Bonchev–Trinajstić information content (AvgIpc) is 2.90. The summed E-state index contributed by atoms with van der Waals surface area (Å²) in [6, 6.07) is 0. The van der Waals surface area contributed by atoms with Crippen molar-refractivity contribution in [1.82, 2.24) is 9.78 Å². The number of alkyl halides is 3. The van der Waals surface area contributed by atoms with Crippen LogP contribution in [0, 0.1) is 0 Å². The summed E-state index contributed by atoms with van der Waals surface area (Å²) >= 11 is 5.87. The molecule has 6 nitrogen and oxygen atoms in total. The summed E-state index contributed by atoms with van der Waals surface area (Å²) in [4.78, 5) is 4.96. The van der Waals surface area contributed by atoms with Crippen LogP contribution in [0.3, 0.4) is 0 Å². The van der Waals surface area contributed by atoms with Gasteiger partial charge in [0.1, 0.15) is 10.8 Å². The van der Waals surface area contributed by atoms with Crippen LogP contribution in [0.1, 0.15) is 38.4 Å². The normalized spacial score (nSPS) is 18.0. The van der Waals surface area contributed by atoms with Gasteiger partial charge in [-0.2, -0.15) is 18.3 Å². The van der Waals surface area contributed by atoms with Gasteiger partial charge in [0.2, 0.25) is 0 Å². The Kier molecular flexibility index (Phi) is 4.44. The van der Waals surface area contributed by atoms with E-state index < -0.39 is 38.6 Å². The zero-order chi connectivity index (χ0) is 17.6. The number of aromatic nitrogens is 2. The van der Waals surface area contributed by atoms with Gasteiger partial charge in [0, 0.05) is 18.5 Å². The van der Waals surface area contributed by atoms with Gasteiger partial charge in [-0.1, -0.05) is 16.8 Å². The summed E-state index contributed by atoms with van der Waals surface area (Å²) in [5, 5.41) is 6.20. The predicted molar refractivity (Wildman–Crippen MR) is 77.8 cm³/mol. The van der Waals surface area contributed by atoms with Crippen molar-refractivity contribution in [2.75, 3.05) is 0 Å². The van der Waals surface area contributed by atoms with Crippen LogP contribution in [-0.2, 0) is 33.1 Å². The second-order valence-electron chi connectivity index (χ2n) is 5.70. The lowest BCUT2D eigenvalue weighted by molar-refractivity contribution is -0.142. The Bertz CT molecular complexity index is 754. The Balaban J connectivity index is 2.42. The summed E-state index contributed by atoms with van der Waals surface area (Å²) in [6.45, 7) is 4.89. The average molecular weight is 374 g/mol. The molecule has 130 valence electrons. The molecular formula is C12H15ClF3N3O3S. The second kappa shape index (κ2) is 5.66. The summed E-state index contributed by atoms with van der Waals surface area (Å²) in [5.74, 6) is -0.932. The molecule has 1 aliphatic rings. The molecule has 2 rings (SSSR count). The van der Waals surface area contributed by atoms with Crippen molar-refractivity contribution >= 4 is 26.5 Å². The molecule has 0 aromatic carbocycles. The molecule has 11 heteroatoms. The number of sulfone groups is 1. The first-order valence-electron chi connectivity index (χ1n) is 6.67. The van der Waals surface area contributed by atoms with Crippen molar-refractivity contribution in [2.24, 2.45) is 5.16 Å². The molecule has 0 aliphatic carbocycles. The van der Waals surface area contributed by atoms with Gasteiger partial charge in [-0.3, -0.25) is 4.68 Å². The van der Waals surface area contributed by atoms with Crippen molar-refractivity contribution < 1.29 is 26.4 Å². The van der Waals surface area contributed by atoms with Crippen LogP contribution >= 0.6 is 11.6 Å². The van der Waals surface area contributed by atoms with Gasteiger partial charge >= 0.3 is 6.18 Å². The molecule has 0 bridgehead atoms. The van der Waals surface area contributed by atoms with E-state index in [1.54, 1.807) is 20.8 Å². The Morgan fingerprint density at radius 1 is 1.39 bits per heavy atom. The van der Waals surface area contributed by atoms with E-state index in [0.29, 0.717) is 0 Å². The lowest BCUT2D eigenvalue weighted by Crippen LogP contribution is -2.24. The van der Waals surface area contributed by atoms with Crippen LogP contribution in [0.2, 0.25) is 5.15 Å². The highest BCUT2D eigenvalue weighted by atomic mass is 35.5. The molecule has 1 aromatic rings. The zero-order valence-corrected chi connectivity index (χ0v) is 14.2. The molecule has 0 fully saturated rings. The fraction of sp³-hybridized carbons (Fsp3) is 0.667. The standard InChI is InChI=1S/C12H15ClF3N3O3S/c1-4-19-10(13)7(9(17-19)12(14,15)16)6-23(20,21)8-5-11(2,3)22-18-8/h4-6H2,1-3H3. The minimum atomic E-state index is -4.80. The number of halogens is 4. The summed E-state index contributed by atoms with van der Waals surface area (Å²) in [7, 11) is -4.10. The Labute approximate surface area is 136 Å². The number of hydrogen-bond acceptors (Lipinski definition) is 5. The van der Waals surface area contributed by atoms with Gasteiger partial charge in [0.15, 0.2) is 20.6 Å². The molecule has 23 heavy (non-hydrogen) atoms. The molecule has 0 saturated heterocycles. The molecule has 2 heterocycles. The third-order valence-electron chi connectivity index (χ3n) is 3.22. The van der Waals surface area contributed by atoms with E-state index in [1.165, 1.54) is 0 Å². The molecule has 0 radical (unpaired) electrons. The van der Waals surface area contributed by atoms with E-state index in [-0.39, 0.29) is 23.2 Å². The van der Waals surface area contributed by atoms with Gasteiger partial charge < -0.3 is 4.84 Å². The quantitative estimate of drug-likeness (QED) is 0.816. The number of nitrogens with zero attached hydrogens (tertiary/aromatic N) is 3. The molecule has 0 unspecified atom stereocenters. The minimum Gasteiger partial charge on any atom is -0.389 e. The van der Waals surface area contributed by atoms with Crippen molar-refractivity contribution in [3.8, 4) is 0 Å². The third-order valence-corrected chi connectivity index (χ3v) is 5.24. The summed E-state index contributed by atoms with van der Waals surface area (Å²) in [5.41, 5.74) is -2.69. The maximum absolute atomic E-state index is 13.1. The van der Waals surface area contributed by atoms with Crippen molar-refractivity contribution in [3.63, 3.8) is 0 Å². The van der Waals surface area contributed by atoms with Gasteiger partial charge in [-0.05, 0) is 20.8 Å². The Hall–Kier alpha value is -1.29. The predicted octanol–water partition coefficient (Wildman–Crippen LogP) is 3.00. The van der Waals surface area contributed by atoms with Crippen molar-refractivity contribution in [2.45, 2.75) is 51.3 Å². The summed E-state index contributed by atoms with van der Waals surface area (Å²) in [6.07, 6.45) is -4.82. The molecule has 0 spiro atoms. The smallest absolute Gasteiger partial charge is 0.389 e. The topological polar surface area (TPSA) is 73.5 Å². The van der Waals surface area contributed by atoms with Gasteiger partial charge in [-0.15, -0.1) is 0 Å². The van der Waals surface area contributed by atoms with Gasteiger partial charge in [0.05, 0.1) is 5.75 Å². The maximum Gasteiger partial charge on any atom is 0.435 e. The number of aryl methyl sites for hydroxylation is 1. The first-order valence-corrected chi connectivity index (χ1v) is 8.70.